The number of thioether (sulfide) groups is 2. The molecule has 2 rings (SSSR count). The molecule has 0 aliphatic carbocycles. The van der Waals surface area contributed by atoms with Gasteiger partial charge in [0.1, 0.15) is 0 Å². The van der Waals surface area contributed by atoms with Gasteiger partial charge in [-0.05, 0) is 23.3 Å². The van der Waals surface area contributed by atoms with Gasteiger partial charge in [0, 0.05) is 5.75 Å². The lowest BCUT2D eigenvalue weighted by Crippen LogP contribution is -2.01. The van der Waals surface area contributed by atoms with E-state index in [4.69, 9.17) is 0 Å². The topological polar surface area (TPSA) is 0 Å². The van der Waals surface area contributed by atoms with Gasteiger partial charge >= 0.3 is 0 Å². The summed E-state index contributed by atoms with van der Waals surface area (Å²) in [5.41, 5.74) is 3.01. The van der Waals surface area contributed by atoms with E-state index in [1.165, 1.54) is 23.3 Å². The minimum absolute atomic E-state index is 0.452. The highest BCUT2D eigenvalue weighted by molar-refractivity contribution is 8.27. The highest BCUT2D eigenvalue weighted by Crippen LogP contribution is 2.33. The maximum Gasteiger partial charge on any atom is 0.0931 e. The molecule has 0 radical (unpaired) electrons. The van der Waals surface area contributed by atoms with Gasteiger partial charge in [-0.2, -0.15) is 12.6 Å². The number of fused-ring (bicyclic) bond motifs is 1. The fraction of sp³-hybridized carbons (Fsp3) is 0.400. The fourth-order valence-electron chi connectivity index (χ4n) is 1.42. The molecule has 3 heteroatoms. The summed E-state index contributed by atoms with van der Waals surface area (Å²) in [7, 11) is 0. The van der Waals surface area contributed by atoms with Crippen LogP contribution in [0.5, 0.6) is 0 Å². The highest BCUT2D eigenvalue weighted by Gasteiger charge is 2.11. The van der Waals surface area contributed by atoms with Crippen LogP contribution in [0.3, 0.4) is 0 Å². The van der Waals surface area contributed by atoms with Gasteiger partial charge in [0.25, 0.3) is 0 Å². The number of aryl methyl sites for hydroxylation is 1. The van der Waals surface area contributed by atoms with Crippen molar-refractivity contribution in [1.29, 1.82) is 0 Å². The summed E-state index contributed by atoms with van der Waals surface area (Å²) in [5.74, 6) is 2.30. The van der Waals surface area contributed by atoms with E-state index in [-0.39, 0.29) is 0 Å². The van der Waals surface area contributed by atoms with E-state index in [0.717, 1.165) is 5.75 Å². The Morgan fingerprint density at radius 2 is 1.92 bits per heavy atom. The number of thiol groups is 1. The van der Waals surface area contributed by atoms with Crippen LogP contribution in [-0.2, 0) is 12.2 Å². The molecule has 1 aromatic carbocycles. The maximum absolute atomic E-state index is 4.50. The molecule has 1 aromatic rings. The Bertz CT molecular complexity index is 285. The Hall–Kier alpha value is 0.270. The summed E-state index contributed by atoms with van der Waals surface area (Å²) in [6, 6.07) is 8.74. The molecule has 1 atom stereocenters. The van der Waals surface area contributed by atoms with Crippen LogP contribution >= 0.6 is 36.2 Å². The number of hydrogen-bond acceptors (Lipinski definition) is 3. The van der Waals surface area contributed by atoms with Gasteiger partial charge in [0.2, 0.25) is 0 Å². The number of hydrogen-bond donors (Lipinski definition) is 1. The van der Waals surface area contributed by atoms with E-state index >= 15 is 0 Å². The Kier molecular flexibility index (Phi) is 3.52. The average Bonchev–Trinajstić information content (AvgIpc) is 2.13. The molecule has 0 saturated carbocycles. The minimum atomic E-state index is 0.452. The molecule has 70 valence electrons. The molecule has 1 aliphatic heterocycles. The van der Waals surface area contributed by atoms with Crippen LogP contribution in [0.1, 0.15) is 11.1 Å². The monoisotopic (exact) mass is 228 g/mol. The van der Waals surface area contributed by atoms with Gasteiger partial charge in [-0.15, -0.1) is 23.5 Å². The summed E-state index contributed by atoms with van der Waals surface area (Å²) in [6.07, 6.45) is 1.19. The predicted octanol–water partition coefficient (Wildman–Crippen LogP) is 3.42. The summed E-state index contributed by atoms with van der Waals surface area (Å²) in [4.78, 5) is 0. The Balaban J connectivity index is 2.20. The molecule has 13 heavy (non-hydrogen) atoms. The molecule has 0 fully saturated rings. The van der Waals surface area contributed by atoms with Crippen molar-refractivity contribution in [3.05, 3.63) is 35.4 Å². The molecule has 1 unspecified atom stereocenters. The first-order valence-electron chi connectivity index (χ1n) is 4.34. The van der Waals surface area contributed by atoms with E-state index in [2.05, 4.69) is 36.9 Å². The molecule has 0 amide bonds. The lowest BCUT2D eigenvalue weighted by Gasteiger charge is -2.16. The van der Waals surface area contributed by atoms with Crippen LogP contribution in [0.4, 0.5) is 0 Å². The second kappa shape index (κ2) is 4.67. The SMILES string of the molecule is SC1SCCc2ccccc2CS1. The summed E-state index contributed by atoms with van der Waals surface area (Å²) >= 11 is 8.36. The first kappa shape index (κ1) is 9.81. The summed E-state index contributed by atoms with van der Waals surface area (Å²) in [5, 5.41) is 0. The summed E-state index contributed by atoms with van der Waals surface area (Å²) < 4.78 is 0.452. The van der Waals surface area contributed by atoms with Gasteiger partial charge < -0.3 is 0 Å². The lowest BCUT2D eigenvalue weighted by molar-refractivity contribution is 1.11. The molecule has 1 aliphatic rings. The molecule has 0 bridgehead atoms. The second-order valence-electron chi connectivity index (χ2n) is 3.01. The van der Waals surface area contributed by atoms with E-state index in [1.54, 1.807) is 0 Å². The quantitative estimate of drug-likeness (QED) is 0.676. The van der Waals surface area contributed by atoms with Crippen molar-refractivity contribution in [2.24, 2.45) is 0 Å². The molecule has 0 aromatic heterocycles. The van der Waals surface area contributed by atoms with Crippen LogP contribution in [-0.4, -0.2) is 9.67 Å². The van der Waals surface area contributed by atoms with Crippen molar-refractivity contribution in [2.45, 2.75) is 16.1 Å². The van der Waals surface area contributed by atoms with Gasteiger partial charge in [-0.25, -0.2) is 0 Å². The van der Waals surface area contributed by atoms with Crippen molar-refractivity contribution in [1.82, 2.24) is 0 Å². The second-order valence-corrected chi connectivity index (χ2v) is 6.83. The van der Waals surface area contributed by atoms with Crippen molar-refractivity contribution < 1.29 is 0 Å². The Labute approximate surface area is 93.3 Å². The van der Waals surface area contributed by atoms with Gasteiger partial charge in [0.15, 0.2) is 0 Å². The average molecular weight is 228 g/mol. The molecule has 0 saturated heterocycles. The largest absolute Gasteiger partial charge is 0.154 e. The number of rotatable bonds is 0. The van der Waals surface area contributed by atoms with Crippen LogP contribution in [0.25, 0.3) is 0 Å². The van der Waals surface area contributed by atoms with Crippen LogP contribution in [0.2, 0.25) is 0 Å². The van der Waals surface area contributed by atoms with Gasteiger partial charge in [-0.3, -0.25) is 0 Å². The van der Waals surface area contributed by atoms with Crippen LogP contribution in [0, 0.1) is 0 Å². The molecule has 1 heterocycles. The van der Waals surface area contributed by atoms with Crippen molar-refractivity contribution in [2.75, 3.05) is 5.75 Å². The maximum atomic E-state index is 4.50. The third-order valence-corrected chi connectivity index (χ3v) is 5.33. The van der Waals surface area contributed by atoms with E-state index < -0.39 is 0 Å². The molecule has 0 nitrogen and oxygen atoms in total. The lowest BCUT2D eigenvalue weighted by atomic mass is 10.1. The highest BCUT2D eigenvalue weighted by atomic mass is 32.3. The smallest absolute Gasteiger partial charge is 0.0931 e. The van der Waals surface area contributed by atoms with Crippen molar-refractivity contribution in [3.8, 4) is 0 Å². The third-order valence-electron chi connectivity index (χ3n) is 2.13. The zero-order chi connectivity index (χ0) is 9.10. The van der Waals surface area contributed by atoms with E-state index in [0.29, 0.717) is 3.91 Å². The van der Waals surface area contributed by atoms with E-state index in [1.807, 2.05) is 23.5 Å². The van der Waals surface area contributed by atoms with Crippen LogP contribution in [0.15, 0.2) is 24.3 Å². The van der Waals surface area contributed by atoms with Crippen molar-refractivity contribution in [3.63, 3.8) is 0 Å². The first-order chi connectivity index (χ1) is 6.36. The first-order valence-corrected chi connectivity index (χ1v) is 6.96. The standard InChI is InChI=1S/C10H12S3/c11-10-12-6-5-8-3-1-2-4-9(8)7-13-10/h1-4,10-11H,5-7H2. The van der Waals surface area contributed by atoms with E-state index in [9.17, 15) is 0 Å². The zero-order valence-corrected chi connectivity index (χ0v) is 9.80. The minimum Gasteiger partial charge on any atom is -0.154 e. The van der Waals surface area contributed by atoms with Gasteiger partial charge in [0.05, 0.1) is 3.91 Å². The fourth-order valence-corrected chi connectivity index (χ4v) is 3.98. The number of benzene rings is 1. The van der Waals surface area contributed by atoms with Crippen LogP contribution < -0.4 is 0 Å². The zero-order valence-electron chi connectivity index (χ0n) is 7.27. The molecule has 0 spiro atoms. The molecular weight excluding hydrogens is 216 g/mol. The molecule has 0 N–H and O–H groups in total. The van der Waals surface area contributed by atoms with Gasteiger partial charge in [-0.1, -0.05) is 24.3 Å². The Morgan fingerprint density at radius 1 is 1.15 bits per heavy atom. The molecular formula is C10H12S3. The predicted molar refractivity (Wildman–Crippen MR) is 66.7 cm³/mol. The third kappa shape index (κ3) is 2.61. The normalized spacial score (nSPS) is 23.0. The Morgan fingerprint density at radius 3 is 2.77 bits per heavy atom. The van der Waals surface area contributed by atoms with Crippen molar-refractivity contribution >= 4 is 36.2 Å². The summed E-state index contributed by atoms with van der Waals surface area (Å²) in [6.45, 7) is 0.